The summed E-state index contributed by atoms with van der Waals surface area (Å²) in [7, 11) is -1.69. The number of halogens is 1. The van der Waals surface area contributed by atoms with Crippen molar-refractivity contribution >= 4 is 20.0 Å². The standard InChI is InChI=1S/C25H33FN5O5P/c1-6-18-22(36-37(33-13-9-12-27)31(15(2)3)16(4)5)21(26)24(35-18)30-14-20-23(29-25(30)32)28-17-10-7-8-11-19(17)34-20/h7-8,10-11,14-16,18,21-22,24H,6,9,13H2,1-5H3,(H,28,29,32)/t18-,21+,22?,24-,37?/m1/s1. The largest absolute Gasteiger partial charge is 0.450 e. The minimum Gasteiger partial charge on any atom is -0.450 e. The third-order valence-electron chi connectivity index (χ3n) is 6.10. The Hall–Kier alpha value is -2.61. The van der Waals surface area contributed by atoms with Crippen LogP contribution in [0.25, 0.3) is 0 Å². The van der Waals surface area contributed by atoms with Crippen molar-refractivity contribution in [1.82, 2.24) is 14.2 Å². The lowest BCUT2D eigenvalue weighted by Crippen LogP contribution is -2.38. The van der Waals surface area contributed by atoms with Crippen LogP contribution in [-0.2, 0) is 13.8 Å². The number of benzene rings is 1. The van der Waals surface area contributed by atoms with Crippen molar-refractivity contribution in [3.63, 3.8) is 0 Å². The van der Waals surface area contributed by atoms with Gasteiger partial charge in [0.05, 0.1) is 37.1 Å². The lowest BCUT2D eigenvalue weighted by molar-refractivity contribution is -0.0275. The van der Waals surface area contributed by atoms with Crippen LogP contribution in [0.1, 0.15) is 53.7 Å². The topological polar surface area (TPSA) is 111 Å². The molecular formula is C25H33FN5O5P. The average molecular weight is 534 g/mol. The van der Waals surface area contributed by atoms with Crippen LogP contribution in [0.4, 0.5) is 15.9 Å². The maximum Gasteiger partial charge on any atom is 0.352 e. The molecule has 1 fully saturated rings. The lowest BCUT2D eigenvalue weighted by Gasteiger charge is -2.37. The molecule has 0 bridgehead atoms. The van der Waals surface area contributed by atoms with Gasteiger partial charge in [0.15, 0.2) is 29.7 Å². The Labute approximate surface area is 217 Å². The fourth-order valence-corrected chi connectivity index (χ4v) is 6.24. The number of para-hydroxylation sites is 2. The third-order valence-corrected chi connectivity index (χ3v) is 8.22. The number of nitrogens with zero attached hydrogens (tertiary/aromatic N) is 4. The van der Waals surface area contributed by atoms with Crippen molar-refractivity contribution < 1.29 is 22.9 Å². The van der Waals surface area contributed by atoms with E-state index >= 15 is 4.39 Å². The van der Waals surface area contributed by atoms with Crippen LogP contribution >= 0.6 is 8.53 Å². The van der Waals surface area contributed by atoms with Gasteiger partial charge in [-0.05, 0) is 46.2 Å². The van der Waals surface area contributed by atoms with Gasteiger partial charge in [-0.15, -0.1) is 0 Å². The Morgan fingerprint density at radius 2 is 2.00 bits per heavy atom. The normalized spacial score (nSPS) is 23.4. The van der Waals surface area contributed by atoms with Crippen molar-refractivity contribution in [2.75, 3.05) is 11.9 Å². The summed E-state index contributed by atoms with van der Waals surface area (Å²) in [4.78, 5) is 17.0. The summed E-state index contributed by atoms with van der Waals surface area (Å²) in [5, 5.41) is 12.0. The van der Waals surface area contributed by atoms with Crippen molar-refractivity contribution in [2.45, 2.75) is 84.2 Å². The molecule has 0 amide bonds. The van der Waals surface area contributed by atoms with Crippen LogP contribution in [0.2, 0.25) is 0 Å². The first-order valence-electron chi connectivity index (χ1n) is 12.5. The Morgan fingerprint density at radius 1 is 1.27 bits per heavy atom. The van der Waals surface area contributed by atoms with Crippen LogP contribution in [0, 0.1) is 11.3 Å². The third kappa shape index (κ3) is 5.79. The number of anilines is 2. The summed E-state index contributed by atoms with van der Waals surface area (Å²) in [6, 6.07) is 9.44. The summed E-state index contributed by atoms with van der Waals surface area (Å²) in [5.41, 5.74) is 0.0140. The molecule has 4 rings (SSSR count). The van der Waals surface area contributed by atoms with Gasteiger partial charge < -0.3 is 23.8 Å². The van der Waals surface area contributed by atoms with Crippen LogP contribution in [0.5, 0.6) is 11.5 Å². The molecule has 2 aliphatic rings. The SMILES string of the molecule is CC[C@H]1O[C@@H](n2cc3c(nc2=O)Nc2ccccc2O3)[C@@H](F)C1OP(OCCC#N)N(C(C)C)C(C)C. The number of rotatable bonds is 10. The van der Waals surface area contributed by atoms with E-state index in [0.29, 0.717) is 23.6 Å². The first kappa shape index (κ1) is 27.4. The number of nitriles is 1. The quantitative estimate of drug-likeness (QED) is 0.270. The number of hydrogen-bond donors (Lipinski definition) is 1. The van der Waals surface area contributed by atoms with E-state index in [1.807, 2.05) is 57.5 Å². The van der Waals surface area contributed by atoms with E-state index < -0.39 is 38.8 Å². The Morgan fingerprint density at radius 3 is 2.68 bits per heavy atom. The number of ether oxygens (including phenoxy) is 2. The molecule has 0 spiro atoms. The zero-order valence-corrected chi connectivity index (χ0v) is 22.5. The highest BCUT2D eigenvalue weighted by atomic mass is 31.2. The first-order chi connectivity index (χ1) is 17.7. The van der Waals surface area contributed by atoms with Gasteiger partial charge in [0, 0.05) is 12.1 Å². The fourth-order valence-electron chi connectivity index (χ4n) is 4.47. The van der Waals surface area contributed by atoms with Gasteiger partial charge in [0.1, 0.15) is 6.10 Å². The lowest BCUT2D eigenvalue weighted by atomic mass is 10.1. The molecule has 1 N–H and O–H groups in total. The first-order valence-corrected chi connectivity index (χ1v) is 13.6. The summed E-state index contributed by atoms with van der Waals surface area (Å²) in [5.74, 6) is 1.12. The van der Waals surface area contributed by atoms with Crippen LogP contribution in [-0.4, -0.2) is 51.3 Å². The molecule has 2 aliphatic heterocycles. The predicted octanol–water partition coefficient (Wildman–Crippen LogP) is 5.40. The van der Waals surface area contributed by atoms with Crippen LogP contribution < -0.4 is 15.7 Å². The average Bonchev–Trinajstić information content (AvgIpc) is 3.17. The maximum absolute atomic E-state index is 16.0. The van der Waals surface area contributed by atoms with Gasteiger partial charge >= 0.3 is 5.69 Å². The van der Waals surface area contributed by atoms with Gasteiger partial charge in [0.2, 0.25) is 0 Å². The van der Waals surface area contributed by atoms with Gasteiger partial charge in [-0.25, -0.2) is 13.9 Å². The van der Waals surface area contributed by atoms with Gasteiger partial charge in [-0.1, -0.05) is 19.1 Å². The van der Waals surface area contributed by atoms with E-state index in [0.717, 1.165) is 4.57 Å². The number of aromatic nitrogens is 2. The van der Waals surface area contributed by atoms with E-state index in [9.17, 15) is 4.79 Å². The molecule has 1 saturated heterocycles. The fraction of sp³-hybridized carbons (Fsp3) is 0.560. The number of alkyl halides is 1. The van der Waals surface area contributed by atoms with Crippen molar-refractivity contribution in [3.05, 3.63) is 40.9 Å². The highest BCUT2D eigenvalue weighted by Crippen LogP contribution is 2.51. The molecule has 200 valence electrons. The second kappa shape index (κ2) is 11.8. The number of fused-ring (bicyclic) bond motifs is 2. The molecule has 2 unspecified atom stereocenters. The minimum atomic E-state index is -1.69. The van der Waals surface area contributed by atoms with E-state index in [2.05, 4.69) is 16.4 Å². The van der Waals surface area contributed by atoms with E-state index in [1.54, 1.807) is 6.07 Å². The molecule has 3 heterocycles. The predicted molar refractivity (Wildman–Crippen MR) is 137 cm³/mol. The molecule has 1 aromatic carbocycles. The molecule has 10 nitrogen and oxygen atoms in total. The number of nitrogens with one attached hydrogen (secondary N) is 1. The van der Waals surface area contributed by atoms with E-state index in [-0.39, 0.29) is 30.9 Å². The highest BCUT2D eigenvalue weighted by molar-refractivity contribution is 7.44. The molecule has 37 heavy (non-hydrogen) atoms. The Bertz CT molecular complexity index is 1180. The maximum atomic E-state index is 16.0. The van der Waals surface area contributed by atoms with Crippen molar-refractivity contribution in [3.8, 4) is 17.6 Å². The summed E-state index contributed by atoms with van der Waals surface area (Å²) in [6.07, 6.45) is -2.44. The van der Waals surface area contributed by atoms with E-state index in [1.165, 1.54) is 6.20 Å². The second-order valence-corrected chi connectivity index (χ2v) is 10.8. The van der Waals surface area contributed by atoms with Crippen molar-refractivity contribution in [1.29, 1.82) is 5.26 Å². The second-order valence-electron chi connectivity index (χ2n) is 9.40. The molecule has 12 heteroatoms. The van der Waals surface area contributed by atoms with Gasteiger partial charge in [-0.2, -0.15) is 10.2 Å². The van der Waals surface area contributed by atoms with Crippen LogP contribution in [0.3, 0.4) is 0 Å². The molecule has 2 aromatic rings. The zero-order chi connectivity index (χ0) is 26.7. The summed E-state index contributed by atoms with van der Waals surface area (Å²) >= 11 is 0. The molecule has 0 aliphatic carbocycles. The molecule has 0 radical (unpaired) electrons. The monoisotopic (exact) mass is 533 g/mol. The summed E-state index contributed by atoms with van der Waals surface area (Å²) in [6.45, 7) is 10.1. The van der Waals surface area contributed by atoms with Gasteiger partial charge in [-0.3, -0.25) is 4.57 Å². The molecule has 1 aromatic heterocycles. The van der Waals surface area contributed by atoms with E-state index in [4.69, 9.17) is 23.8 Å². The Kier molecular flexibility index (Phi) is 8.78. The smallest absolute Gasteiger partial charge is 0.352 e. The Balaban J connectivity index is 1.59. The van der Waals surface area contributed by atoms with Crippen molar-refractivity contribution in [2.24, 2.45) is 0 Å². The van der Waals surface area contributed by atoms with Crippen LogP contribution in [0.15, 0.2) is 35.3 Å². The minimum absolute atomic E-state index is 0.0597. The zero-order valence-electron chi connectivity index (χ0n) is 21.6. The molecule has 5 atom stereocenters. The van der Waals surface area contributed by atoms with Gasteiger partial charge in [0.25, 0.3) is 8.53 Å². The summed E-state index contributed by atoms with van der Waals surface area (Å²) < 4.78 is 43.4. The molecule has 0 saturated carbocycles. The number of hydrogen-bond acceptors (Lipinski definition) is 9. The molecular weight excluding hydrogens is 500 g/mol. The highest BCUT2D eigenvalue weighted by Gasteiger charge is 2.49.